The monoisotopic (exact) mass is 374 g/mol. The van der Waals surface area contributed by atoms with Crippen molar-refractivity contribution in [3.05, 3.63) is 71.0 Å². The normalized spacial score (nSPS) is 11.4. The quantitative estimate of drug-likeness (QED) is 0.736. The number of aromatic nitrogens is 3. The lowest BCUT2D eigenvalue weighted by Gasteiger charge is -2.13. The van der Waals surface area contributed by atoms with E-state index in [4.69, 9.17) is 0 Å². The molecule has 0 atom stereocenters. The molecule has 0 aliphatic carbocycles. The van der Waals surface area contributed by atoms with Crippen molar-refractivity contribution in [2.45, 2.75) is 26.4 Å². The predicted octanol–water partition coefficient (Wildman–Crippen LogP) is 4.41. The van der Waals surface area contributed by atoms with Crippen LogP contribution in [-0.4, -0.2) is 20.9 Å². The van der Waals surface area contributed by atoms with Gasteiger partial charge in [-0.15, -0.1) is 5.10 Å². The van der Waals surface area contributed by atoms with Crippen LogP contribution in [0.1, 0.15) is 34.2 Å². The Bertz CT molecular complexity index is 962. The Morgan fingerprint density at radius 3 is 2.41 bits per heavy atom. The molecule has 0 spiro atoms. The number of hydrogen-bond donors (Lipinski definition) is 1. The number of alkyl halides is 3. The number of carbonyl (C=O) groups excluding carboxylic acids is 1. The Morgan fingerprint density at radius 2 is 1.78 bits per heavy atom. The summed E-state index contributed by atoms with van der Waals surface area (Å²) in [6, 6.07) is 12.4. The highest BCUT2D eigenvalue weighted by Crippen LogP contribution is 2.34. The third-order valence-corrected chi connectivity index (χ3v) is 4.18. The van der Waals surface area contributed by atoms with Gasteiger partial charge in [0.2, 0.25) is 0 Å². The van der Waals surface area contributed by atoms with Crippen molar-refractivity contribution in [3.63, 3.8) is 0 Å². The lowest BCUT2D eigenvalue weighted by atomic mass is 10.1. The van der Waals surface area contributed by atoms with Crippen LogP contribution in [0.2, 0.25) is 0 Å². The second kappa shape index (κ2) is 7.22. The van der Waals surface area contributed by atoms with Crippen molar-refractivity contribution in [1.82, 2.24) is 15.0 Å². The molecule has 0 saturated heterocycles. The molecule has 1 N–H and O–H groups in total. The lowest BCUT2D eigenvalue weighted by molar-refractivity contribution is -0.136. The van der Waals surface area contributed by atoms with Gasteiger partial charge < -0.3 is 5.32 Å². The van der Waals surface area contributed by atoms with Gasteiger partial charge in [0.25, 0.3) is 5.91 Å². The summed E-state index contributed by atoms with van der Waals surface area (Å²) in [6.07, 6.45) is -3.68. The molecule has 0 radical (unpaired) electrons. The largest absolute Gasteiger partial charge is 0.418 e. The van der Waals surface area contributed by atoms with Gasteiger partial charge in [-0.05, 0) is 43.2 Å². The first-order chi connectivity index (χ1) is 12.8. The summed E-state index contributed by atoms with van der Waals surface area (Å²) >= 11 is 0. The van der Waals surface area contributed by atoms with E-state index in [9.17, 15) is 18.0 Å². The molecule has 3 rings (SSSR count). The second-order valence-corrected chi connectivity index (χ2v) is 5.95. The van der Waals surface area contributed by atoms with Crippen LogP contribution in [0.3, 0.4) is 0 Å². The van der Waals surface area contributed by atoms with E-state index < -0.39 is 17.6 Å². The van der Waals surface area contributed by atoms with E-state index in [0.717, 1.165) is 18.1 Å². The van der Waals surface area contributed by atoms with Gasteiger partial charge in [0.1, 0.15) is 0 Å². The van der Waals surface area contributed by atoms with Crippen LogP contribution in [0.4, 0.5) is 18.9 Å². The number of amides is 1. The topological polar surface area (TPSA) is 59.8 Å². The summed E-state index contributed by atoms with van der Waals surface area (Å²) in [5.74, 6) is -0.749. The average molecular weight is 374 g/mol. The summed E-state index contributed by atoms with van der Waals surface area (Å²) in [6.45, 7) is 3.68. The Labute approximate surface area is 153 Å². The van der Waals surface area contributed by atoms with Crippen molar-refractivity contribution in [2.75, 3.05) is 5.32 Å². The fraction of sp³-hybridized carbons (Fsp3) is 0.211. The summed E-state index contributed by atoms with van der Waals surface area (Å²) in [5.41, 5.74) is 1.02. The number of halogens is 3. The lowest BCUT2D eigenvalue weighted by Crippen LogP contribution is -2.18. The molecular weight excluding hydrogens is 357 g/mol. The highest BCUT2D eigenvalue weighted by molar-refractivity contribution is 6.04. The van der Waals surface area contributed by atoms with Crippen molar-refractivity contribution in [1.29, 1.82) is 0 Å². The van der Waals surface area contributed by atoms with Crippen LogP contribution >= 0.6 is 0 Å². The molecule has 8 heteroatoms. The van der Waals surface area contributed by atoms with Gasteiger partial charge in [0.05, 0.1) is 22.6 Å². The van der Waals surface area contributed by atoms with Crippen LogP contribution in [0.25, 0.3) is 5.69 Å². The molecule has 27 heavy (non-hydrogen) atoms. The number of hydrogen-bond acceptors (Lipinski definition) is 3. The van der Waals surface area contributed by atoms with E-state index >= 15 is 0 Å². The zero-order chi connectivity index (χ0) is 19.6. The van der Waals surface area contributed by atoms with Gasteiger partial charge in [-0.25, -0.2) is 4.68 Å². The first-order valence-corrected chi connectivity index (χ1v) is 8.30. The zero-order valence-corrected chi connectivity index (χ0v) is 14.7. The Balaban J connectivity index is 1.88. The van der Waals surface area contributed by atoms with E-state index in [1.165, 1.54) is 22.9 Å². The molecule has 1 aromatic heterocycles. The first kappa shape index (κ1) is 18.6. The number of aryl methyl sites for hydroxylation is 1. The molecule has 2 aromatic carbocycles. The molecule has 0 saturated carbocycles. The van der Waals surface area contributed by atoms with E-state index in [-0.39, 0.29) is 11.4 Å². The minimum Gasteiger partial charge on any atom is -0.320 e. The highest BCUT2D eigenvalue weighted by atomic mass is 19.4. The van der Waals surface area contributed by atoms with Gasteiger partial charge in [-0.3, -0.25) is 4.79 Å². The van der Waals surface area contributed by atoms with Crippen LogP contribution < -0.4 is 5.32 Å². The van der Waals surface area contributed by atoms with E-state index in [2.05, 4.69) is 15.6 Å². The van der Waals surface area contributed by atoms with Gasteiger partial charge in [0.15, 0.2) is 5.69 Å². The molecule has 0 aliphatic heterocycles. The van der Waals surface area contributed by atoms with Crippen molar-refractivity contribution >= 4 is 11.6 Å². The number of nitrogens with one attached hydrogen (secondary N) is 1. The summed E-state index contributed by atoms with van der Waals surface area (Å²) in [4.78, 5) is 12.5. The molecule has 5 nitrogen and oxygen atoms in total. The summed E-state index contributed by atoms with van der Waals surface area (Å²) < 4.78 is 40.7. The van der Waals surface area contributed by atoms with Crippen LogP contribution in [0, 0.1) is 6.92 Å². The third-order valence-electron chi connectivity index (χ3n) is 4.18. The van der Waals surface area contributed by atoms with Crippen LogP contribution in [-0.2, 0) is 12.6 Å². The number of nitrogens with zero attached hydrogens (tertiary/aromatic N) is 3. The van der Waals surface area contributed by atoms with Gasteiger partial charge in [-0.2, -0.15) is 13.2 Å². The first-order valence-electron chi connectivity index (χ1n) is 8.30. The number of benzene rings is 2. The molecule has 1 amide bonds. The average Bonchev–Trinajstić information content (AvgIpc) is 3.03. The van der Waals surface area contributed by atoms with Crippen molar-refractivity contribution in [3.8, 4) is 5.69 Å². The Kier molecular flexibility index (Phi) is 4.98. The molecule has 0 unspecified atom stereocenters. The Morgan fingerprint density at radius 1 is 1.11 bits per heavy atom. The van der Waals surface area contributed by atoms with Crippen LogP contribution in [0.15, 0.2) is 48.5 Å². The summed E-state index contributed by atoms with van der Waals surface area (Å²) in [5, 5.41) is 10.1. The fourth-order valence-corrected chi connectivity index (χ4v) is 2.68. The smallest absolute Gasteiger partial charge is 0.320 e. The molecular formula is C19H17F3N4O. The van der Waals surface area contributed by atoms with Crippen molar-refractivity contribution in [2.24, 2.45) is 0 Å². The predicted molar refractivity (Wildman–Crippen MR) is 94.9 cm³/mol. The highest BCUT2D eigenvalue weighted by Gasteiger charge is 2.34. The minimum atomic E-state index is -4.57. The number of para-hydroxylation sites is 1. The number of anilines is 1. The van der Waals surface area contributed by atoms with E-state index in [1.54, 1.807) is 6.92 Å². The molecule has 1 heterocycles. The van der Waals surface area contributed by atoms with Crippen LogP contribution in [0.5, 0.6) is 0 Å². The molecule has 0 fully saturated rings. The van der Waals surface area contributed by atoms with Crippen molar-refractivity contribution < 1.29 is 18.0 Å². The van der Waals surface area contributed by atoms with E-state index in [0.29, 0.717) is 11.4 Å². The maximum atomic E-state index is 13.1. The maximum absolute atomic E-state index is 13.1. The number of carbonyl (C=O) groups is 1. The second-order valence-electron chi connectivity index (χ2n) is 5.95. The van der Waals surface area contributed by atoms with E-state index in [1.807, 2.05) is 31.2 Å². The molecule has 0 aliphatic rings. The molecule has 140 valence electrons. The third kappa shape index (κ3) is 3.84. The standard InChI is InChI=1S/C19H17F3N4O/c1-3-13-8-10-14(11-9-13)26-12(2)17(24-25-26)18(27)23-16-7-5-4-6-15(16)19(20,21)22/h4-11H,3H2,1-2H3,(H,23,27). The summed E-state index contributed by atoms with van der Waals surface area (Å²) in [7, 11) is 0. The zero-order valence-electron chi connectivity index (χ0n) is 14.7. The van der Waals surface area contributed by atoms with Gasteiger partial charge in [0, 0.05) is 0 Å². The SMILES string of the molecule is CCc1ccc(-n2nnc(C(=O)Nc3ccccc3C(F)(F)F)c2C)cc1. The van der Waals surface area contributed by atoms with Gasteiger partial charge >= 0.3 is 6.18 Å². The number of rotatable bonds is 4. The van der Waals surface area contributed by atoms with Gasteiger partial charge in [-0.1, -0.05) is 36.4 Å². The molecule has 0 bridgehead atoms. The molecule has 3 aromatic rings. The fourth-order valence-electron chi connectivity index (χ4n) is 2.68. The minimum absolute atomic E-state index is 0.0356. The maximum Gasteiger partial charge on any atom is 0.418 e. The Hall–Kier alpha value is -3.16.